The summed E-state index contributed by atoms with van der Waals surface area (Å²) in [5, 5.41) is 0. The first-order valence-corrected chi connectivity index (χ1v) is 10.3. The molecule has 0 saturated heterocycles. The Labute approximate surface area is 181 Å². The van der Waals surface area contributed by atoms with Gasteiger partial charge in [-0.15, -0.1) is 0 Å². The number of nitrogens with zero attached hydrogens (tertiary/aromatic N) is 2. The maximum absolute atomic E-state index is 13.4. The Hall–Kier alpha value is -3.46. The predicted molar refractivity (Wildman–Crippen MR) is 114 cm³/mol. The third-order valence-electron chi connectivity index (χ3n) is 5.17. The number of rotatable bonds is 5. The zero-order valence-corrected chi connectivity index (χ0v) is 17.6. The summed E-state index contributed by atoms with van der Waals surface area (Å²) in [6, 6.07) is 12.7. The van der Waals surface area contributed by atoms with Crippen molar-refractivity contribution in [3.8, 4) is 5.75 Å². The molecule has 0 N–H and O–H groups in total. The van der Waals surface area contributed by atoms with Crippen molar-refractivity contribution in [2.75, 3.05) is 19.1 Å². The van der Waals surface area contributed by atoms with Crippen LogP contribution in [-0.2, 0) is 20.9 Å². The van der Waals surface area contributed by atoms with E-state index in [1.54, 1.807) is 43.5 Å². The molecule has 3 aromatic rings. The molecule has 0 radical (unpaired) electrons. The summed E-state index contributed by atoms with van der Waals surface area (Å²) in [5.74, 6) is -0.709. The van der Waals surface area contributed by atoms with Gasteiger partial charge in [-0.05, 0) is 42.0 Å². The van der Waals surface area contributed by atoms with Gasteiger partial charge in [-0.2, -0.15) is 0 Å². The summed E-state index contributed by atoms with van der Waals surface area (Å²) in [6.07, 6.45) is 0.100. The number of esters is 1. The van der Waals surface area contributed by atoms with Crippen molar-refractivity contribution in [2.45, 2.75) is 18.9 Å². The number of anilines is 2. The monoisotopic (exact) mass is 442 g/mol. The highest BCUT2D eigenvalue weighted by molar-refractivity contribution is 7.10. The summed E-state index contributed by atoms with van der Waals surface area (Å²) in [7, 11) is 2.78. The van der Waals surface area contributed by atoms with Crippen molar-refractivity contribution in [3.05, 3.63) is 74.5 Å². The second kappa shape index (κ2) is 8.35. The quantitative estimate of drug-likeness (QED) is 0.566. The van der Waals surface area contributed by atoms with Crippen molar-refractivity contribution in [3.63, 3.8) is 0 Å². The molecule has 0 aliphatic carbocycles. The van der Waals surface area contributed by atoms with Crippen LogP contribution in [0.1, 0.15) is 22.8 Å². The van der Waals surface area contributed by atoms with Crippen LogP contribution in [0.2, 0.25) is 0 Å². The molecule has 2 heterocycles. The minimum atomic E-state index is -0.603. The van der Waals surface area contributed by atoms with E-state index in [0.717, 1.165) is 16.9 Å². The molecule has 0 bridgehead atoms. The number of hydrogen-bond acceptors (Lipinski definition) is 6. The average Bonchev–Trinajstić information content (AvgIpc) is 3.09. The van der Waals surface area contributed by atoms with E-state index in [1.807, 2.05) is 0 Å². The lowest BCUT2D eigenvalue weighted by molar-refractivity contribution is -0.141. The number of halogens is 1. The Morgan fingerprint density at radius 2 is 1.77 bits per heavy atom. The lowest BCUT2D eigenvalue weighted by Gasteiger charge is -2.32. The molecule has 1 aliphatic rings. The normalized spacial score (nSPS) is 15.5. The average molecular weight is 442 g/mol. The molecular formula is C22H19FN2O5S. The van der Waals surface area contributed by atoms with E-state index in [1.165, 1.54) is 28.7 Å². The van der Waals surface area contributed by atoms with E-state index in [4.69, 9.17) is 9.47 Å². The van der Waals surface area contributed by atoms with Crippen LogP contribution in [0.15, 0.2) is 53.3 Å². The Morgan fingerprint density at radius 1 is 1.10 bits per heavy atom. The van der Waals surface area contributed by atoms with Crippen LogP contribution in [0.4, 0.5) is 15.9 Å². The largest absolute Gasteiger partial charge is 0.497 e. The van der Waals surface area contributed by atoms with Crippen LogP contribution in [0.3, 0.4) is 0 Å². The van der Waals surface area contributed by atoms with Crippen LogP contribution in [0, 0.1) is 5.82 Å². The van der Waals surface area contributed by atoms with Gasteiger partial charge in [0.1, 0.15) is 23.9 Å². The summed E-state index contributed by atoms with van der Waals surface area (Å²) in [5.41, 5.74) is 1.26. The van der Waals surface area contributed by atoms with Gasteiger partial charge >= 0.3 is 10.8 Å². The Balaban J connectivity index is 1.89. The summed E-state index contributed by atoms with van der Waals surface area (Å²) < 4.78 is 24.6. The molecule has 7 nitrogen and oxygen atoms in total. The van der Waals surface area contributed by atoms with Crippen LogP contribution in [0.5, 0.6) is 5.75 Å². The van der Waals surface area contributed by atoms with Crippen LogP contribution >= 0.6 is 11.3 Å². The number of benzene rings is 2. The Kier molecular flexibility index (Phi) is 5.60. The standard InChI is InChI=1S/C22H19FN2O5S/c1-29-16-9-7-15(8-10-16)25-18(26)11-17(13-3-5-14(23)6-4-13)20-21(25)24(22(28)31-20)12-19(27)30-2/h3-10,17H,11-12H2,1-2H3. The molecule has 2 aromatic carbocycles. The van der Waals surface area contributed by atoms with E-state index < -0.39 is 11.9 Å². The number of aromatic nitrogens is 1. The van der Waals surface area contributed by atoms with E-state index in [9.17, 15) is 18.8 Å². The number of hydrogen-bond donors (Lipinski definition) is 0. The number of ether oxygens (including phenoxy) is 2. The van der Waals surface area contributed by atoms with Gasteiger partial charge in [0.05, 0.1) is 24.8 Å². The smallest absolute Gasteiger partial charge is 0.325 e. The molecule has 1 unspecified atom stereocenters. The third-order valence-corrected chi connectivity index (χ3v) is 6.25. The molecule has 0 spiro atoms. The van der Waals surface area contributed by atoms with E-state index in [2.05, 4.69) is 0 Å². The van der Waals surface area contributed by atoms with Crippen molar-refractivity contribution < 1.29 is 23.5 Å². The molecule has 1 amide bonds. The third kappa shape index (κ3) is 3.84. The van der Waals surface area contributed by atoms with Gasteiger partial charge in [-0.3, -0.25) is 23.9 Å². The first kappa shape index (κ1) is 20.8. The minimum Gasteiger partial charge on any atom is -0.497 e. The maximum Gasteiger partial charge on any atom is 0.325 e. The van der Waals surface area contributed by atoms with Crippen molar-refractivity contribution in [1.29, 1.82) is 0 Å². The summed E-state index contributed by atoms with van der Waals surface area (Å²) >= 11 is 0.972. The molecular weight excluding hydrogens is 423 g/mol. The van der Waals surface area contributed by atoms with Crippen LogP contribution < -0.4 is 14.5 Å². The molecule has 4 rings (SSSR count). The van der Waals surface area contributed by atoms with Gasteiger partial charge in [-0.1, -0.05) is 23.5 Å². The topological polar surface area (TPSA) is 77.8 Å². The van der Waals surface area contributed by atoms with Gasteiger partial charge in [0.25, 0.3) is 0 Å². The number of methoxy groups -OCH3 is 2. The zero-order valence-electron chi connectivity index (χ0n) is 16.8. The first-order chi connectivity index (χ1) is 14.9. The predicted octanol–water partition coefficient (Wildman–Crippen LogP) is 3.43. The van der Waals surface area contributed by atoms with Crippen LogP contribution in [-0.4, -0.2) is 30.7 Å². The van der Waals surface area contributed by atoms with E-state index >= 15 is 0 Å². The molecule has 1 aliphatic heterocycles. The number of amides is 1. The van der Waals surface area contributed by atoms with Gasteiger partial charge in [-0.25, -0.2) is 4.39 Å². The lowest BCUT2D eigenvalue weighted by atomic mass is 9.90. The summed E-state index contributed by atoms with van der Waals surface area (Å²) in [4.78, 5) is 39.8. The number of thiazole rings is 1. The van der Waals surface area contributed by atoms with Crippen molar-refractivity contribution in [1.82, 2.24) is 4.57 Å². The van der Waals surface area contributed by atoms with Gasteiger partial charge < -0.3 is 9.47 Å². The van der Waals surface area contributed by atoms with E-state index in [0.29, 0.717) is 22.1 Å². The molecule has 1 aromatic heterocycles. The number of carbonyl (C=O) groups is 2. The Bertz CT molecular complexity index is 1180. The van der Waals surface area contributed by atoms with Gasteiger partial charge in [0.15, 0.2) is 0 Å². The Morgan fingerprint density at radius 3 is 2.39 bits per heavy atom. The number of carbonyl (C=O) groups excluding carboxylic acids is 2. The molecule has 0 fully saturated rings. The molecule has 0 saturated carbocycles. The highest BCUT2D eigenvalue weighted by atomic mass is 32.1. The maximum atomic E-state index is 13.4. The fourth-order valence-corrected chi connectivity index (χ4v) is 4.75. The van der Waals surface area contributed by atoms with Gasteiger partial charge in [0, 0.05) is 12.3 Å². The minimum absolute atomic E-state index is 0.100. The SMILES string of the molecule is COC(=O)Cn1c2c(sc1=O)C(c1ccc(F)cc1)CC(=O)N2c1ccc(OC)cc1. The van der Waals surface area contributed by atoms with Crippen molar-refractivity contribution in [2.24, 2.45) is 0 Å². The van der Waals surface area contributed by atoms with Gasteiger partial charge in [0.2, 0.25) is 5.91 Å². The highest BCUT2D eigenvalue weighted by Gasteiger charge is 2.38. The fraction of sp³-hybridized carbons (Fsp3) is 0.227. The number of fused-ring (bicyclic) bond motifs is 1. The first-order valence-electron chi connectivity index (χ1n) is 9.45. The highest BCUT2D eigenvalue weighted by Crippen LogP contribution is 2.45. The fourth-order valence-electron chi connectivity index (χ4n) is 3.64. The molecule has 9 heteroatoms. The summed E-state index contributed by atoms with van der Waals surface area (Å²) in [6.45, 7) is -0.322. The zero-order chi connectivity index (χ0) is 22.1. The van der Waals surface area contributed by atoms with Crippen LogP contribution in [0.25, 0.3) is 0 Å². The second-order valence-electron chi connectivity index (χ2n) is 6.95. The lowest BCUT2D eigenvalue weighted by Crippen LogP contribution is -2.36. The van der Waals surface area contributed by atoms with E-state index in [-0.39, 0.29) is 29.6 Å². The molecule has 31 heavy (non-hydrogen) atoms. The molecule has 160 valence electrons. The molecule has 1 atom stereocenters. The van der Waals surface area contributed by atoms with Crippen molar-refractivity contribution >= 4 is 34.7 Å². The second-order valence-corrected chi connectivity index (χ2v) is 7.95.